The Balaban J connectivity index is 2.02. The van der Waals surface area contributed by atoms with E-state index in [1.54, 1.807) is 16.8 Å². The zero-order chi connectivity index (χ0) is 11.5. The van der Waals surface area contributed by atoms with Crippen molar-refractivity contribution in [3.05, 3.63) is 46.2 Å². The molecule has 0 spiro atoms. The Labute approximate surface area is 104 Å². The number of aromatic nitrogens is 2. The van der Waals surface area contributed by atoms with Crippen molar-refractivity contribution in [1.82, 2.24) is 9.78 Å². The predicted octanol–water partition coefficient (Wildman–Crippen LogP) is 3.34. The highest BCUT2D eigenvalue weighted by molar-refractivity contribution is 6.42. The molecule has 0 atom stereocenters. The average molecular weight is 256 g/mol. The Bertz CT molecular complexity index is 494. The first kappa shape index (κ1) is 11.3. The van der Waals surface area contributed by atoms with Crippen molar-refractivity contribution < 1.29 is 0 Å². The smallest absolute Gasteiger partial charge is 0.0612 e. The second kappa shape index (κ2) is 4.76. The Morgan fingerprint density at radius 1 is 1.31 bits per heavy atom. The summed E-state index contributed by atoms with van der Waals surface area (Å²) in [4.78, 5) is 0. The molecule has 0 saturated carbocycles. The number of hydrogen-bond acceptors (Lipinski definition) is 2. The number of benzene rings is 1. The SMILES string of the molecule is Cn1cc(CNc2ccc(Cl)c(Cl)c2)cn1. The van der Waals surface area contributed by atoms with Gasteiger partial charge in [-0.25, -0.2) is 0 Å². The Hall–Kier alpha value is -1.19. The van der Waals surface area contributed by atoms with E-state index in [1.807, 2.05) is 25.5 Å². The molecule has 1 aromatic carbocycles. The standard InChI is InChI=1S/C11H11Cl2N3/c1-16-7-8(6-15-16)5-14-9-2-3-10(12)11(13)4-9/h2-4,6-7,14H,5H2,1H3. The van der Waals surface area contributed by atoms with Crippen molar-refractivity contribution in [3.8, 4) is 0 Å². The number of hydrogen-bond donors (Lipinski definition) is 1. The molecule has 1 aromatic heterocycles. The fourth-order valence-electron chi connectivity index (χ4n) is 1.37. The fourth-order valence-corrected chi connectivity index (χ4v) is 1.67. The van der Waals surface area contributed by atoms with Gasteiger partial charge in [-0.3, -0.25) is 4.68 Å². The number of nitrogens with one attached hydrogen (secondary N) is 1. The van der Waals surface area contributed by atoms with Crippen LogP contribution >= 0.6 is 23.2 Å². The Kier molecular flexibility index (Phi) is 3.36. The van der Waals surface area contributed by atoms with E-state index in [1.165, 1.54) is 0 Å². The van der Waals surface area contributed by atoms with Gasteiger partial charge in [-0.05, 0) is 18.2 Å². The van der Waals surface area contributed by atoms with E-state index in [-0.39, 0.29) is 0 Å². The molecule has 0 radical (unpaired) electrons. The third kappa shape index (κ3) is 2.68. The van der Waals surface area contributed by atoms with E-state index in [0.717, 1.165) is 11.3 Å². The van der Waals surface area contributed by atoms with E-state index in [4.69, 9.17) is 23.2 Å². The van der Waals surface area contributed by atoms with Gasteiger partial charge < -0.3 is 5.32 Å². The van der Waals surface area contributed by atoms with Crippen LogP contribution in [0.25, 0.3) is 0 Å². The summed E-state index contributed by atoms with van der Waals surface area (Å²) in [6.07, 6.45) is 3.79. The Morgan fingerprint density at radius 3 is 2.75 bits per heavy atom. The molecule has 0 aliphatic heterocycles. The number of rotatable bonds is 3. The third-order valence-electron chi connectivity index (χ3n) is 2.17. The molecule has 16 heavy (non-hydrogen) atoms. The highest BCUT2D eigenvalue weighted by atomic mass is 35.5. The largest absolute Gasteiger partial charge is 0.381 e. The first-order chi connectivity index (χ1) is 7.65. The van der Waals surface area contributed by atoms with Crippen molar-refractivity contribution in [2.45, 2.75) is 6.54 Å². The van der Waals surface area contributed by atoms with Crippen LogP contribution in [0.5, 0.6) is 0 Å². The van der Waals surface area contributed by atoms with E-state index < -0.39 is 0 Å². The molecule has 1 N–H and O–H groups in total. The first-order valence-electron chi connectivity index (χ1n) is 4.81. The van der Waals surface area contributed by atoms with Crippen LogP contribution in [0.3, 0.4) is 0 Å². The molecule has 2 rings (SSSR count). The molecular formula is C11H11Cl2N3. The summed E-state index contributed by atoms with van der Waals surface area (Å²) in [7, 11) is 1.89. The number of halogens is 2. The molecule has 0 aliphatic carbocycles. The second-order valence-corrected chi connectivity index (χ2v) is 4.32. The molecule has 0 unspecified atom stereocenters. The minimum Gasteiger partial charge on any atom is -0.381 e. The van der Waals surface area contributed by atoms with Crippen molar-refractivity contribution >= 4 is 28.9 Å². The van der Waals surface area contributed by atoms with Crippen LogP contribution in [-0.2, 0) is 13.6 Å². The molecular weight excluding hydrogens is 245 g/mol. The van der Waals surface area contributed by atoms with E-state index in [9.17, 15) is 0 Å². The molecule has 5 heteroatoms. The lowest BCUT2D eigenvalue weighted by Gasteiger charge is -2.05. The number of anilines is 1. The van der Waals surface area contributed by atoms with Gasteiger partial charge in [-0.15, -0.1) is 0 Å². The van der Waals surface area contributed by atoms with Crippen LogP contribution < -0.4 is 5.32 Å². The molecule has 0 amide bonds. The van der Waals surface area contributed by atoms with Crippen molar-refractivity contribution in [3.63, 3.8) is 0 Å². The maximum Gasteiger partial charge on any atom is 0.0612 e. The monoisotopic (exact) mass is 255 g/mol. The molecule has 0 fully saturated rings. The molecule has 3 nitrogen and oxygen atoms in total. The summed E-state index contributed by atoms with van der Waals surface area (Å²) in [5.41, 5.74) is 2.06. The van der Waals surface area contributed by atoms with Crippen LogP contribution in [-0.4, -0.2) is 9.78 Å². The molecule has 84 valence electrons. The second-order valence-electron chi connectivity index (χ2n) is 3.50. The van der Waals surface area contributed by atoms with Crippen LogP contribution in [0, 0.1) is 0 Å². The normalized spacial score (nSPS) is 10.4. The van der Waals surface area contributed by atoms with Crippen molar-refractivity contribution in [1.29, 1.82) is 0 Å². The lowest BCUT2D eigenvalue weighted by molar-refractivity contribution is 0.767. The number of nitrogens with zero attached hydrogens (tertiary/aromatic N) is 2. The van der Waals surface area contributed by atoms with Gasteiger partial charge in [0.2, 0.25) is 0 Å². The predicted molar refractivity (Wildman–Crippen MR) is 67.0 cm³/mol. The van der Waals surface area contributed by atoms with Gasteiger partial charge in [0, 0.05) is 31.0 Å². The minimum atomic E-state index is 0.554. The fraction of sp³-hybridized carbons (Fsp3) is 0.182. The van der Waals surface area contributed by atoms with E-state index in [0.29, 0.717) is 16.6 Å². The van der Waals surface area contributed by atoms with Gasteiger partial charge in [-0.1, -0.05) is 23.2 Å². The zero-order valence-electron chi connectivity index (χ0n) is 8.74. The highest BCUT2D eigenvalue weighted by Crippen LogP contribution is 2.25. The highest BCUT2D eigenvalue weighted by Gasteiger charge is 2.00. The summed E-state index contributed by atoms with van der Waals surface area (Å²) in [5.74, 6) is 0. The summed E-state index contributed by atoms with van der Waals surface area (Å²) >= 11 is 11.7. The first-order valence-corrected chi connectivity index (χ1v) is 5.57. The van der Waals surface area contributed by atoms with Gasteiger partial charge in [-0.2, -0.15) is 5.10 Å². The quantitative estimate of drug-likeness (QED) is 0.912. The van der Waals surface area contributed by atoms with E-state index >= 15 is 0 Å². The van der Waals surface area contributed by atoms with Gasteiger partial charge in [0.1, 0.15) is 0 Å². The maximum absolute atomic E-state index is 5.91. The van der Waals surface area contributed by atoms with Gasteiger partial charge >= 0.3 is 0 Å². The van der Waals surface area contributed by atoms with Crippen LogP contribution in [0.4, 0.5) is 5.69 Å². The minimum absolute atomic E-state index is 0.554. The van der Waals surface area contributed by atoms with Crippen LogP contribution in [0.1, 0.15) is 5.56 Å². The molecule has 0 aliphatic rings. The Morgan fingerprint density at radius 2 is 2.12 bits per heavy atom. The van der Waals surface area contributed by atoms with E-state index in [2.05, 4.69) is 10.4 Å². The molecule has 0 bridgehead atoms. The topological polar surface area (TPSA) is 29.9 Å². The summed E-state index contributed by atoms with van der Waals surface area (Å²) < 4.78 is 1.77. The van der Waals surface area contributed by atoms with Crippen LogP contribution in [0.15, 0.2) is 30.6 Å². The zero-order valence-corrected chi connectivity index (χ0v) is 10.3. The van der Waals surface area contributed by atoms with Crippen molar-refractivity contribution in [2.75, 3.05) is 5.32 Å². The summed E-state index contributed by atoms with van der Waals surface area (Å²) in [5, 5.41) is 8.45. The maximum atomic E-state index is 5.91. The summed E-state index contributed by atoms with van der Waals surface area (Å²) in [6, 6.07) is 5.47. The molecule has 0 saturated heterocycles. The lowest BCUT2D eigenvalue weighted by Crippen LogP contribution is -1.98. The van der Waals surface area contributed by atoms with Crippen LogP contribution in [0.2, 0.25) is 10.0 Å². The van der Waals surface area contributed by atoms with Gasteiger partial charge in [0.15, 0.2) is 0 Å². The third-order valence-corrected chi connectivity index (χ3v) is 2.91. The number of aryl methyl sites for hydroxylation is 1. The molecule has 1 heterocycles. The molecule has 2 aromatic rings. The van der Waals surface area contributed by atoms with Gasteiger partial charge in [0.05, 0.1) is 16.2 Å². The van der Waals surface area contributed by atoms with Crippen molar-refractivity contribution in [2.24, 2.45) is 7.05 Å². The van der Waals surface area contributed by atoms with Gasteiger partial charge in [0.25, 0.3) is 0 Å². The average Bonchev–Trinajstić information content (AvgIpc) is 2.66. The lowest BCUT2D eigenvalue weighted by atomic mass is 10.3. The summed E-state index contributed by atoms with van der Waals surface area (Å²) in [6.45, 7) is 0.714.